The number of esters is 1. The Bertz CT molecular complexity index is 421. The van der Waals surface area contributed by atoms with E-state index in [0.29, 0.717) is 0 Å². The fraction of sp³-hybridized carbons (Fsp3) is 0.400. The summed E-state index contributed by atoms with van der Waals surface area (Å²) in [5.41, 5.74) is -1.22. The minimum Gasteiger partial charge on any atom is -0.466 e. The van der Waals surface area contributed by atoms with Crippen LogP contribution in [0.3, 0.4) is 0 Å². The third-order valence-corrected chi connectivity index (χ3v) is 2.11. The fourth-order valence-electron chi connectivity index (χ4n) is 1.14. The quantitative estimate of drug-likeness (QED) is 0.791. The highest BCUT2D eigenvalue weighted by atomic mass is 35.5. The van der Waals surface area contributed by atoms with E-state index in [-0.39, 0.29) is 18.7 Å². The van der Waals surface area contributed by atoms with Crippen LogP contribution in [0.2, 0.25) is 5.02 Å². The highest BCUT2D eigenvalue weighted by Crippen LogP contribution is 2.33. The van der Waals surface area contributed by atoms with Crippen LogP contribution in [0.15, 0.2) is 12.1 Å². The van der Waals surface area contributed by atoms with Gasteiger partial charge in [-0.3, -0.25) is 4.79 Å². The van der Waals surface area contributed by atoms with Gasteiger partial charge in [0.15, 0.2) is 5.69 Å². The molecule has 7 heteroatoms. The van der Waals surface area contributed by atoms with E-state index < -0.39 is 22.9 Å². The minimum absolute atomic E-state index is 0.0276. The van der Waals surface area contributed by atoms with Crippen molar-refractivity contribution in [2.24, 2.45) is 0 Å². The molecule has 0 amide bonds. The van der Waals surface area contributed by atoms with Crippen LogP contribution >= 0.6 is 11.6 Å². The number of nitrogens with zero attached hydrogens (tertiary/aromatic N) is 1. The first-order valence-electron chi connectivity index (χ1n) is 4.72. The van der Waals surface area contributed by atoms with Crippen molar-refractivity contribution in [2.75, 3.05) is 6.61 Å². The van der Waals surface area contributed by atoms with E-state index in [0.717, 1.165) is 6.07 Å². The highest BCUT2D eigenvalue weighted by molar-refractivity contribution is 6.31. The third kappa shape index (κ3) is 3.89. The smallest absolute Gasteiger partial charge is 0.434 e. The summed E-state index contributed by atoms with van der Waals surface area (Å²) in [6, 6.07) is 2.32. The first-order valence-corrected chi connectivity index (χ1v) is 5.10. The Balaban J connectivity index is 2.93. The molecule has 94 valence electrons. The normalized spacial score (nSPS) is 11.4. The Morgan fingerprint density at radius 1 is 1.47 bits per heavy atom. The van der Waals surface area contributed by atoms with Crippen molar-refractivity contribution in [3.8, 4) is 0 Å². The number of carbonyl (C=O) groups excluding carboxylic acids is 1. The van der Waals surface area contributed by atoms with E-state index in [2.05, 4.69) is 9.72 Å². The highest BCUT2D eigenvalue weighted by Gasteiger charge is 2.35. The molecular weight excluding hydrogens is 259 g/mol. The monoisotopic (exact) mass is 267 g/mol. The van der Waals surface area contributed by atoms with Gasteiger partial charge in [-0.2, -0.15) is 13.2 Å². The Morgan fingerprint density at radius 3 is 2.65 bits per heavy atom. The number of ether oxygens (including phenoxy) is 1. The van der Waals surface area contributed by atoms with Crippen LogP contribution in [-0.2, 0) is 22.1 Å². The first-order chi connectivity index (χ1) is 7.84. The summed E-state index contributed by atoms with van der Waals surface area (Å²) in [6.45, 7) is 1.77. The molecule has 0 bridgehead atoms. The van der Waals surface area contributed by atoms with Crippen LogP contribution in [-0.4, -0.2) is 17.6 Å². The molecule has 0 saturated carbocycles. The van der Waals surface area contributed by atoms with Gasteiger partial charge >= 0.3 is 12.1 Å². The van der Waals surface area contributed by atoms with Crippen molar-refractivity contribution in [3.63, 3.8) is 0 Å². The molecule has 0 N–H and O–H groups in total. The zero-order valence-corrected chi connectivity index (χ0v) is 9.60. The molecule has 1 aromatic rings. The summed E-state index contributed by atoms with van der Waals surface area (Å²) >= 11 is 5.38. The van der Waals surface area contributed by atoms with Gasteiger partial charge in [0.1, 0.15) is 0 Å². The molecule has 3 nitrogen and oxygen atoms in total. The fourth-order valence-corrected chi connectivity index (χ4v) is 1.35. The van der Waals surface area contributed by atoms with E-state index in [1.54, 1.807) is 6.92 Å². The van der Waals surface area contributed by atoms with Crippen molar-refractivity contribution >= 4 is 17.6 Å². The number of hydrogen-bond donors (Lipinski definition) is 0. The molecule has 17 heavy (non-hydrogen) atoms. The number of pyridine rings is 1. The van der Waals surface area contributed by atoms with Crippen molar-refractivity contribution in [3.05, 3.63) is 28.5 Å². The summed E-state index contributed by atoms with van der Waals surface area (Å²) in [5, 5.41) is -0.495. The molecule has 1 heterocycles. The lowest BCUT2D eigenvalue weighted by Gasteiger charge is -2.09. The molecule has 0 unspecified atom stereocenters. The molecule has 0 spiro atoms. The summed E-state index contributed by atoms with van der Waals surface area (Å²) in [5.74, 6) is -0.629. The molecule has 0 radical (unpaired) electrons. The van der Waals surface area contributed by atoms with Gasteiger partial charge in [0.25, 0.3) is 0 Å². The number of alkyl halides is 3. The maximum Gasteiger partial charge on any atom is 0.434 e. The van der Waals surface area contributed by atoms with Crippen LogP contribution in [0.25, 0.3) is 0 Å². The summed E-state index contributed by atoms with van der Waals surface area (Å²) in [7, 11) is 0. The van der Waals surface area contributed by atoms with Gasteiger partial charge in [-0.25, -0.2) is 4.98 Å². The predicted molar refractivity (Wildman–Crippen MR) is 54.6 cm³/mol. The SMILES string of the molecule is CCOC(=O)Cc1ccc(Cl)c(C(F)(F)F)n1. The molecule has 0 aliphatic carbocycles. The average Bonchev–Trinajstić information content (AvgIpc) is 2.19. The van der Waals surface area contributed by atoms with Gasteiger partial charge in [0.05, 0.1) is 23.7 Å². The predicted octanol–water partition coefficient (Wildman–Crippen LogP) is 2.86. The minimum atomic E-state index is -4.64. The number of halogens is 4. The Kier molecular flexibility index (Phi) is 4.34. The lowest BCUT2D eigenvalue weighted by Crippen LogP contribution is -2.13. The standard InChI is InChI=1S/C10H9ClF3NO2/c1-2-17-8(16)5-6-3-4-7(11)9(15-6)10(12,13)14/h3-4H,2,5H2,1H3. The topological polar surface area (TPSA) is 39.2 Å². The van der Waals surface area contributed by atoms with Gasteiger partial charge in [-0.1, -0.05) is 11.6 Å². The van der Waals surface area contributed by atoms with Crippen LogP contribution in [0.4, 0.5) is 13.2 Å². The van der Waals surface area contributed by atoms with Crippen LogP contribution < -0.4 is 0 Å². The van der Waals surface area contributed by atoms with Gasteiger partial charge in [-0.15, -0.1) is 0 Å². The van der Waals surface area contributed by atoms with E-state index in [9.17, 15) is 18.0 Å². The first kappa shape index (κ1) is 13.8. The third-order valence-electron chi connectivity index (χ3n) is 1.80. The van der Waals surface area contributed by atoms with Crippen LogP contribution in [0.5, 0.6) is 0 Å². The second-order valence-corrected chi connectivity index (χ2v) is 3.52. The lowest BCUT2D eigenvalue weighted by atomic mass is 10.2. The number of rotatable bonds is 3. The summed E-state index contributed by atoms with van der Waals surface area (Å²) in [6.07, 6.45) is -4.95. The Labute approximate surface area is 101 Å². The van der Waals surface area contributed by atoms with E-state index in [4.69, 9.17) is 11.6 Å². The zero-order valence-electron chi connectivity index (χ0n) is 8.84. The Morgan fingerprint density at radius 2 is 2.12 bits per heavy atom. The van der Waals surface area contributed by atoms with Crippen molar-refractivity contribution in [1.29, 1.82) is 0 Å². The van der Waals surface area contributed by atoms with E-state index in [1.807, 2.05) is 0 Å². The zero-order chi connectivity index (χ0) is 13.1. The number of carbonyl (C=O) groups is 1. The Hall–Kier alpha value is -1.30. The maximum absolute atomic E-state index is 12.5. The molecule has 0 aliphatic rings. The summed E-state index contributed by atoms with van der Waals surface area (Å²) in [4.78, 5) is 14.4. The van der Waals surface area contributed by atoms with Gasteiger partial charge < -0.3 is 4.74 Å². The largest absolute Gasteiger partial charge is 0.466 e. The van der Waals surface area contributed by atoms with Crippen molar-refractivity contribution < 1.29 is 22.7 Å². The summed E-state index contributed by atoms with van der Waals surface area (Å²) < 4.78 is 42.0. The van der Waals surface area contributed by atoms with Crippen LogP contribution in [0.1, 0.15) is 18.3 Å². The second-order valence-electron chi connectivity index (χ2n) is 3.11. The van der Waals surface area contributed by atoms with Crippen molar-refractivity contribution in [1.82, 2.24) is 4.98 Å². The molecule has 0 saturated heterocycles. The molecule has 0 atom stereocenters. The molecule has 1 rings (SSSR count). The number of hydrogen-bond acceptors (Lipinski definition) is 3. The molecule has 1 aromatic heterocycles. The lowest BCUT2D eigenvalue weighted by molar-refractivity contribution is -0.144. The van der Waals surface area contributed by atoms with Gasteiger partial charge in [0.2, 0.25) is 0 Å². The molecule has 0 aromatic carbocycles. The van der Waals surface area contributed by atoms with E-state index in [1.165, 1.54) is 6.07 Å². The van der Waals surface area contributed by atoms with Gasteiger partial charge in [-0.05, 0) is 19.1 Å². The molecular formula is C10H9ClF3NO2. The van der Waals surface area contributed by atoms with Crippen LogP contribution in [0, 0.1) is 0 Å². The van der Waals surface area contributed by atoms with E-state index >= 15 is 0 Å². The average molecular weight is 268 g/mol. The number of aromatic nitrogens is 1. The molecule has 0 aliphatic heterocycles. The van der Waals surface area contributed by atoms with Crippen molar-refractivity contribution in [2.45, 2.75) is 19.5 Å². The maximum atomic E-state index is 12.5. The van der Waals surface area contributed by atoms with Gasteiger partial charge in [0, 0.05) is 0 Å². The second kappa shape index (κ2) is 5.35. The molecule has 0 fully saturated rings.